The highest BCUT2D eigenvalue weighted by molar-refractivity contribution is 5.92. The highest BCUT2D eigenvalue weighted by atomic mass is 16.5. The van der Waals surface area contributed by atoms with Crippen LogP contribution < -0.4 is 10.2 Å². The van der Waals surface area contributed by atoms with Crippen molar-refractivity contribution in [3.8, 4) is 0 Å². The molecule has 1 aromatic rings. The molecule has 138 valence electrons. The molecule has 2 fully saturated rings. The Balaban J connectivity index is 1.57. The van der Waals surface area contributed by atoms with Crippen molar-refractivity contribution in [3.05, 3.63) is 17.6 Å². The average molecular weight is 347 g/mol. The molecule has 0 radical (unpaired) electrons. The number of hydrogen-bond acceptors (Lipinski definition) is 6. The third-order valence-electron chi connectivity index (χ3n) is 4.80. The minimum Gasteiger partial charge on any atom is -0.379 e. The topological polar surface area (TPSA) is 70.6 Å². The van der Waals surface area contributed by atoms with Crippen molar-refractivity contribution in [3.63, 3.8) is 0 Å². The van der Waals surface area contributed by atoms with Gasteiger partial charge in [0.15, 0.2) is 0 Å². The van der Waals surface area contributed by atoms with Crippen molar-refractivity contribution in [1.29, 1.82) is 0 Å². The van der Waals surface area contributed by atoms with Crippen LogP contribution in [0.5, 0.6) is 0 Å². The van der Waals surface area contributed by atoms with Gasteiger partial charge < -0.3 is 15.0 Å². The second-order valence-electron chi connectivity index (χ2n) is 6.77. The monoisotopic (exact) mass is 347 g/mol. The molecule has 7 heteroatoms. The summed E-state index contributed by atoms with van der Waals surface area (Å²) in [6.45, 7) is 8.76. The number of morpholine rings is 1. The summed E-state index contributed by atoms with van der Waals surface area (Å²) in [7, 11) is 0. The number of carbonyl (C=O) groups excluding carboxylic acids is 1. The van der Waals surface area contributed by atoms with E-state index in [9.17, 15) is 4.79 Å². The zero-order valence-electron chi connectivity index (χ0n) is 15.2. The van der Waals surface area contributed by atoms with E-state index in [1.165, 1.54) is 25.7 Å². The Bertz CT molecular complexity index is 567. The summed E-state index contributed by atoms with van der Waals surface area (Å²) in [5, 5.41) is 2.99. The van der Waals surface area contributed by atoms with Gasteiger partial charge in [0.05, 0.1) is 13.2 Å². The summed E-state index contributed by atoms with van der Waals surface area (Å²) in [6, 6.07) is 1.84. The Hall–Kier alpha value is -1.73. The molecule has 0 unspecified atom stereocenters. The van der Waals surface area contributed by atoms with Crippen LogP contribution in [0.15, 0.2) is 6.07 Å². The quantitative estimate of drug-likeness (QED) is 0.864. The van der Waals surface area contributed by atoms with E-state index in [1.54, 1.807) is 0 Å². The molecule has 1 N–H and O–H groups in total. The molecule has 2 saturated heterocycles. The van der Waals surface area contributed by atoms with Gasteiger partial charge in [0.2, 0.25) is 0 Å². The van der Waals surface area contributed by atoms with Gasteiger partial charge in [-0.15, -0.1) is 0 Å². The van der Waals surface area contributed by atoms with Crippen LogP contribution in [0.2, 0.25) is 0 Å². The molecular weight excluding hydrogens is 318 g/mol. The molecule has 2 aliphatic rings. The summed E-state index contributed by atoms with van der Waals surface area (Å²) in [5.41, 5.74) is 0.466. The Morgan fingerprint density at radius 2 is 1.84 bits per heavy atom. The van der Waals surface area contributed by atoms with Gasteiger partial charge in [-0.2, -0.15) is 0 Å². The van der Waals surface area contributed by atoms with E-state index in [2.05, 4.69) is 25.1 Å². The Kier molecular flexibility index (Phi) is 6.58. The Morgan fingerprint density at radius 3 is 2.56 bits per heavy atom. The first-order valence-electron chi connectivity index (χ1n) is 9.41. The van der Waals surface area contributed by atoms with Crippen LogP contribution in [0.4, 0.5) is 5.82 Å². The number of aromatic nitrogens is 2. The first-order valence-corrected chi connectivity index (χ1v) is 9.41. The van der Waals surface area contributed by atoms with Crippen molar-refractivity contribution in [1.82, 2.24) is 20.2 Å². The van der Waals surface area contributed by atoms with Gasteiger partial charge in [-0.3, -0.25) is 9.69 Å². The zero-order valence-corrected chi connectivity index (χ0v) is 15.2. The summed E-state index contributed by atoms with van der Waals surface area (Å²) in [6.07, 6.45) is 4.92. The highest BCUT2D eigenvalue weighted by Crippen LogP contribution is 2.18. The minimum absolute atomic E-state index is 0.116. The molecule has 3 heterocycles. The van der Waals surface area contributed by atoms with E-state index in [4.69, 9.17) is 4.74 Å². The van der Waals surface area contributed by atoms with Gasteiger partial charge in [0.1, 0.15) is 17.3 Å². The molecule has 0 atom stereocenters. The van der Waals surface area contributed by atoms with Gasteiger partial charge in [-0.25, -0.2) is 9.97 Å². The van der Waals surface area contributed by atoms with Crippen LogP contribution in [0.1, 0.15) is 42.0 Å². The largest absolute Gasteiger partial charge is 0.379 e. The number of rotatable bonds is 5. The number of aryl methyl sites for hydroxylation is 1. The van der Waals surface area contributed by atoms with Crippen molar-refractivity contribution in [2.75, 3.05) is 57.4 Å². The van der Waals surface area contributed by atoms with Crippen LogP contribution in [0.3, 0.4) is 0 Å². The first kappa shape index (κ1) is 18.1. The molecule has 25 heavy (non-hydrogen) atoms. The molecule has 3 rings (SSSR count). The third kappa shape index (κ3) is 5.37. The first-order chi connectivity index (χ1) is 12.2. The minimum atomic E-state index is -0.116. The van der Waals surface area contributed by atoms with E-state index in [-0.39, 0.29) is 5.91 Å². The highest BCUT2D eigenvalue weighted by Gasteiger charge is 2.16. The summed E-state index contributed by atoms with van der Waals surface area (Å²) < 4.78 is 5.34. The lowest BCUT2D eigenvalue weighted by molar-refractivity contribution is 0.0383. The fourth-order valence-electron chi connectivity index (χ4n) is 3.37. The second kappa shape index (κ2) is 9.10. The lowest BCUT2D eigenvalue weighted by Crippen LogP contribution is -2.41. The van der Waals surface area contributed by atoms with E-state index < -0.39 is 0 Å². The van der Waals surface area contributed by atoms with E-state index in [1.807, 2.05) is 13.0 Å². The van der Waals surface area contributed by atoms with Crippen molar-refractivity contribution >= 4 is 11.7 Å². The summed E-state index contributed by atoms with van der Waals surface area (Å²) >= 11 is 0. The van der Waals surface area contributed by atoms with Crippen LogP contribution in [0.25, 0.3) is 0 Å². The molecule has 2 aliphatic heterocycles. The maximum Gasteiger partial charge on any atom is 0.270 e. The van der Waals surface area contributed by atoms with Crippen LogP contribution >= 0.6 is 0 Å². The van der Waals surface area contributed by atoms with E-state index >= 15 is 0 Å². The standard InChI is InChI=1S/C18H29N5O2/c1-15-20-16(14-17(21-15)23-7-4-2-3-5-8-23)18(24)19-6-9-22-10-12-25-13-11-22/h14H,2-13H2,1H3,(H,19,24). The molecule has 1 aromatic heterocycles. The van der Waals surface area contributed by atoms with Crippen molar-refractivity contribution in [2.24, 2.45) is 0 Å². The number of nitrogens with one attached hydrogen (secondary N) is 1. The molecule has 7 nitrogen and oxygen atoms in total. The SMILES string of the molecule is Cc1nc(C(=O)NCCN2CCOCC2)cc(N2CCCCCC2)n1. The summed E-state index contributed by atoms with van der Waals surface area (Å²) in [5.74, 6) is 1.42. The van der Waals surface area contributed by atoms with Gasteiger partial charge in [-0.1, -0.05) is 12.8 Å². The fraction of sp³-hybridized carbons (Fsp3) is 0.722. The van der Waals surface area contributed by atoms with Crippen molar-refractivity contribution in [2.45, 2.75) is 32.6 Å². The zero-order chi connectivity index (χ0) is 17.5. The van der Waals surface area contributed by atoms with E-state index in [0.29, 0.717) is 18.1 Å². The number of anilines is 1. The van der Waals surface area contributed by atoms with Gasteiger partial charge in [-0.05, 0) is 19.8 Å². The summed E-state index contributed by atoms with van der Waals surface area (Å²) in [4.78, 5) is 25.9. The fourth-order valence-corrected chi connectivity index (χ4v) is 3.37. The lowest BCUT2D eigenvalue weighted by atomic mass is 10.2. The second-order valence-corrected chi connectivity index (χ2v) is 6.77. The predicted molar refractivity (Wildman–Crippen MR) is 97.0 cm³/mol. The molecule has 1 amide bonds. The maximum absolute atomic E-state index is 12.5. The number of amides is 1. The number of ether oxygens (including phenoxy) is 1. The predicted octanol–water partition coefficient (Wildman–Crippen LogP) is 1.23. The smallest absolute Gasteiger partial charge is 0.270 e. The Labute approximate surface area is 149 Å². The number of nitrogens with zero attached hydrogens (tertiary/aromatic N) is 4. The van der Waals surface area contributed by atoms with Crippen LogP contribution in [-0.2, 0) is 4.74 Å². The molecule has 0 aliphatic carbocycles. The normalized spacial score (nSPS) is 19.5. The molecule has 0 spiro atoms. The van der Waals surface area contributed by atoms with Crippen LogP contribution in [-0.4, -0.2) is 73.3 Å². The van der Waals surface area contributed by atoms with E-state index in [0.717, 1.165) is 51.8 Å². The Morgan fingerprint density at radius 1 is 1.12 bits per heavy atom. The average Bonchev–Trinajstić information content (AvgIpc) is 2.91. The van der Waals surface area contributed by atoms with Gasteiger partial charge in [0.25, 0.3) is 5.91 Å². The molecule has 0 saturated carbocycles. The van der Waals surface area contributed by atoms with Crippen LogP contribution in [0, 0.1) is 6.92 Å². The van der Waals surface area contributed by atoms with Crippen molar-refractivity contribution < 1.29 is 9.53 Å². The lowest BCUT2D eigenvalue weighted by Gasteiger charge is -2.26. The molecule has 0 bridgehead atoms. The van der Waals surface area contributed by atoms with Gasteiger partial charge in [0, 0.05) is 45.3 Å². The van der Waals surface area contributed by atoms with Gasteiger partial charge >= 0.3 is 0 Å². The maximum atomic E-state index is 12.5. The number of hydrogen-bond donors (Lipinski definition) is 1. The number of carbonyl (C=O) groups is 1. The molecular formula is C18H29N5O2. The molecule has 0 aromatic carbocycles. The third-order valence-corrected chi connectivity index (χ3v) is 4.80.